The molecule has 0 spiro atoms. The summed E-state index contributed by atoms with van der Waals surface area (Å²) >= 11 is 0. The van der Waals surface area contributed by atoms with Crippen LogP contribution in [-0.2, 0) is 4.74 Å². The lowest BCUT2D eigenvalue weighted by molar-refractivity contribution is 0.0441. The van der Waals surface area contributed by atoms with Gasteiger partial charge in [-0.1, -0.05) is 19.1 Å². The van der Waals surface area contributed by atoms with Crippen molar-refractivity contribution in [3.05, 3.63) is 24.3 Å². The first-order chi connectivity index (χ1) is 8.31. The van der Waals surface area contributed by atoms with Gasteiger partial charge >= 0.3 is 0 Å². The molecule has 1 unspecified atom stereocenters. The lowest BCUT2D eigenvalue weighted by Gasteiger charge is -2.34. The van der Waals surface area contributed by atoms with Crippen molar-refractivity contribution in [3.63, 3.8) is 0 Å². The van der Waals surface area contributed by atoms with Gasteiger partial charge in [-0.15, -0.1) is 0 Å². The fourth-order valence-electron chi connectivity index (χ4n) is 2.35. The topological polar surface area (TPSA) is 38.5 Å². The summed E-state index contributed by atoms with van der Waals surface area (Å²) in [6, 6.07) is 8.08. The lowest BCUT2D eigenvalue weighted by Crippen LogP contribution is -2.40. The highest BCUT2D eigenvalue weighted by molar-refractivity contribution is 5.67. The summed E-state index contributed by atoms with van der Waals surface area (Å²) in [5, 5.41) is 0. The van der Waals surface area contributed by atoms with Gasteiger partial charge in [0.25, 0.3) is 0 Å². The molecular weight excluding hydrogens is 212 g/mol. The molecule has 0 bridgehead atoms. The monoisotopic (exact) mass is 234 g/mol. The zero-order valence-electron chi connectivity index (χ0n) is 10.6. The van der Waals surface area contributed by atoms with Crippen molar-refractivity contribution >= 4 is 11.4 Å². The minimum absolute atomic E-state index is 0.364. The van der Waals surface area contributed by atoms with Crippen molar-refractivity contribution in [1.29, 1.82) is 0 Å². The quantitative estimate of drug-likeness (QED) is 0.814. The fourth-order valence-corrected chi connectivity index (χ4v) is 2.35. The molecule has 3 heteroatoms. The van der Waals surface area contributed by atoms with E-state index < -0.39 is 0 Å². The Hall–Kier alpha value is -1.22. The van der Waals surface area contributed by atoms with E-state index in [4.69, 9.17) is 10.5 Å². The van der Waals surface area contributed by atoms with Gasteiger partial charge in [0.05, 0.1) is 17.5 Å². The Morgan fingerprint density at radius 1 is 1.41 bits per heavy atom. The average molecular weight is 234 g/mol. The Kier molecular flexibility index (Phi) is 4.26. The number of benzene rings is 1. The minimum Gasteiger partial charge on any atom is -0.397 e. The number of nitrogens with two attached hydrogens (primary N) is 1. The van der Waals surface area contributed by atoms with Gasteiger partial charge in [0, 0.05) is 19.7 Å². The second-order valence-electron chi connectivity index (χ2n) is 4.64. The lowest BCUT2D eigenvalue weighted by atomic mass is 10.1. The maximum Gasteiger partial charge on any atom is 0.0750 e. The standard InChI is InChI=1S/C14H22N2O/c1-2-10-17-12-6-5-9-16(11-12)14-8-4-3-7-13(14)15/h3-4,7-8,12H,2,5-6,9-11,15H2,1H3. The Bertz CT molecular complexity index is 354. The second-order valence-corrected chi connectivity index (χ2v) is 4.64. The Balaban J connectivity index is 1.99. The third kappa shape index (κ3) is 3.13. The highest BCUT2D eigenvalue weighted by atomic mass is 16.5. The van der Waals surface area contributed by atoms with Gasteiger partial charge in [0.15, 0.2) is 0 Å². The molecule has 1 aliphatic heterocycles. The van der Waals surface area contributed by atoms with Crippen molar-refractivity contribution in [2.75, 3.05) is 30.3 Å². The van der Waals surface area contributed by atoms with Crippen LogP contribution in [0.5, 0.6) is 0 Å². The molecule has 1 aliphatic rings. The van der Waals surface area contributed by atoms with Crippen molar-refractivity contribution in [3.8, 4) is 0 Å². The van der Waals surface area contributed by atoms with Crippen LogP contribution in [0.2, 0.25) is 0 Å². The third-order valence-electron chi connectivity index (χ3n) is 3.21. The summed E-state index contributed by atoms with van der Waals surface area (Å²) in [6.45, 7) is 5.06. The van der Waals surface area contributed by atoms with Gasteiger partial charge in [-0.3, -0.25) is 0 Å². The van der Waals surface area contributed by atoms with Crippen molar-refractivity contribution in [2.24, 2.45) is 0 Å². The first kappa shape index (κ1) is 12.2. The molecule has 0 radical (unpaired) electrons. The molecule has 0 saturated carbocycles. The average Bonchev–Trinajstić information content (AvgIpc) is 2.37. The first-order valence-corrected chi connectivity index (χ1v) is 6.52. The van der Waals surface area contributed by atoms with Crippen LogP contribution in [0.1, 0.15) is 26.2 Å². The molecule has 2 rings (SSSR count). The first-order valence-electron chi connectivity index (χ1n) is 6.52. The van der Waals surface area contributed by atoms with E-state index in [2.05, 4.69) is 17.9 Å². The summed E-state index contributed by atoms with van der Waals surface area (Å²) in [5.41, 5.74) is 8.03. The molecule has 1 aromatic carbocycles. The third-order valence-corrected chi connectivity index (χ3v) is 3.21. The van der Waals surface area contributed by atoms with E-state index in [0.717, 1.165) is 37.5 Å². The number of ether oxygens (including phenoxy) is 1. The summed E-state index contributed by atoms with van der Waals surface area (Å²) < 4.78 is 5.84. The smallest absolute Gasteiger partial charge is 0.0750 e. The molecule has 0 aliphatic carbocycles. The molecule has 1 saturated heterocycles. The molecule has 94 valence electrons. The van der Waals surface area contributed by atoms with Crippen molar-refractivity contribution in [2.45, 2.75) is 32.3 Å². The number of nitrogens with zero attached hydrogens (tertiary/aromatic N) is 1. The summed E-state index contributed by atoms with van der Waals surface area (Å²) in [5.74, 6) is 0. The SMILES string of the molecule is CCCOC1CCCN(c2ccccc2N)C1. The second kappa shape index (κ2) is 5.92. The summed E-state index contributed by atoms with van der Waals surface area (Å²) in [4.78, 5) is 2.35. The number of hydrogen-bond acceptors (Lipinski definition) is 3. The number of para-hydroxylation sites is 2. The van der Waals surface area contributed by atoms with Gasteiger partial charge in [-0.2, -0.15) is 0 Å². The van der Waals surface area contributed by atoms with Crippen LogP contribution >= 0.6 is 0 Å². The van der Waals surface area contributed by atoms with Crippen LogP contribution in [0.25, 0.3) is 0 Å². The highest BCUT2D eigenvalue weighted by Gasteiger charge is 2.21. The molecule has 3 nitrogen and oxygen atoms in total. The molecule has 1 heterocycles. The van der Waals surface area contributed by atoms with Crippen LogP contribution in [0.4, 0.5) is 11.4 Å². The van der Waals surface area contributed by atoms with E-state index in [-0.39, 0.29) is 0 Å². The van der Waals surface area contributed by atoms with Crippen LogP contribution in [0.3, 0.4) is 0 Å². The molecule has 2 N–H and O–H groups in total. The van der Waals surface area contributed by atoms with E-state index in [1.54, 1.807) is 0 Å². The van der Waals surface area contributed by atoms with E-state index in [1.807, 2.05) is 18.2 Å². The van der Waals surface area contributed by atoms with Crippen molar-refractivity contribution < 1.29 is 4.74 Å². The number of hydrogen-bond donors (Lipinski definition) is 1. The molecule has 1 atom stereocenters. The molecule has 0 amide bonds. The number of rotatable bonds is 4. The van der Waals surface area contributed by atoms with E-state index >= 15 is 0 Å². The molecule has 0 aromatic heterocycles. The minimum atomic E-state index is 0.364. The van der Waals surface area contributed by atoms with Crippen LogP contribution in [0.15, 0.2) is 24.3 Å². The molecule has 1 fully saturated rings. The van der Waals surface area contributed by atoms with E-state index in [9.17, 15) is 0 Å². The van der Waals surface area contributed by atoms with Crippen LogP contribution in [-0.4, -0.2) is 25.8 Å². The predicted molar refractivity (Wildman–Crippen MR) is 72.3 cm³/mol. The summed E-state index contributed by atoms with van der Waals surface area (Å²) in [7, 11) is 0. The number of nitrogen functional groups attached to an aromatic ring is 1. The van der Waals surface area contributed by atoms with Gasteiger partial charge in [-0.25, -0.2) is 0 Å². The Morgan fingerprint density at radius 2 is 2.24 bits per heavy atom. The predicted octanol–water partition coefficient (Wildman–Crippen LogP) is 2.66. The van der Waals surface area contributed by atoms with Crippen LogP contribution < -0.4 is 10.6 Å². The van der Waals surface area contributed by atoms with Gasteiger partial charge < -0.3 is 15.4 Å². The highest BCUT2D eigenvalue weighted by Crippen LogP contribution is 2.26. The van der Waals surface area contributed by atoms with E-state index in [1.165, 1.54) is 12.8 Å². The maximum absolute atomic E-state index is 6.01. The van der Waals surface area contributed by atoms with E-state index in [0.29, 0.717) is 6.10 Å². The number of piperidine rings is 1. The fraction of sp³-hybridized carbons (Fsp3) is 0.571. The van der Waals surface area contributed by atoms with Gasteiger partial charge in [0.1, 0.15) is 0 Å². The Labute approximate surface area is 104 Å². The van der Waals surface area contributed by atoms with Gasteiger partial charge in [0.2, 0.25) is 0 Å². The molecule has 1 aromatic rings. The van der Waals surface area contributed by atoms with Crippen LogP contribution in [0, 0.1) is 0 Å². The zero-order chi connectivity index (χ0) is 12.1. The molecular formula is C14H22N2O. The maximum atomic E-state index is 6.01. The molecule has 17 heavy (non-hydrogen) atoms. The number of anilines is 2. The Morgan fingerprint density at radius 3 is 3.00 bits per heavy atom. The zero-order valence-corrected chi connectivity index (χ0v) is 10.6. The normalized spacial score (nSPS) is 20.5. The largest absolute Gasteiger partial charge is 0.397 e. The van der Waals surface area contributed by atoms with Gasteiger partial charge in [-0.05, 0) is 31.4 Å². The van der Waals surface area contributed by atoms with Crippen molar-refractivity contribution in [1.82, 2.24) is 0 Å². The summed E-state index contributed by atoms with van der Waals surface area (Å²) in [6.07, 6.45) is 3.80.